The zero-order valence-electron chi connectivity index (χ0n) is 14.4. The average molecular weight is 328 g/mol. The molecule has 0 bridgehead atoms. The molecule has 0 unspecified atom stereocenters. The van der Waals surface area contributed by atoms with Gasteiger partial charge in [-0.3, -0.25) is 0 Å². The van der Waals surface area contributed by atoms with Crippen LogP contribution in [-0.4, -0.2) is 8.07 Å². The van der Waals surface area contributed by atoms with Gasteiger partial charge in [0.2, 0.25) is 0 Å². The van der Waals surface area contributed by atoms with Crippen LogP contribution >= 0.6 is 0 Å². The fourth-order valence-electron chi connectivity index (χ4n) is 4.45. The van der Waals surface area contributed by atoms with E-state index in [4.69, 9.17) is 0 Å². The fourth-order valence-corrected chi connectivity index (χ4v) is 9.06. The molecule has 119 valence electrons. The molecule has 3 aromatic carbocycles. The highest BCUT2D eigenvalue weighted by atomic mass is 28.3. The van der Waals surface area contributed by atoms with Crippen molar-refractivity contribution in [1.29, 1.82) is 0 Å². The summed E-state index contributed by atoms with van der Waals surface area (Å²) in [6, 6.07) is 31.7. The maximum atomic E-state index is 2.39. The van der Waals surface area contributed by atoms with Crippen LogP contribution in [-0.2, 0) is 0 Å². The van der Waals surface area contributed by atoms with Gasteiger partial charge in [0.1, 0.15) is 8.07 Å². The highest BCUT2D eigenvalue weighted by Gasteiger charge is 2.46. The molecule has 0 saturated carbocycles. The van der Waals surface area contributed by atoms with Gasteiger partial charge in [0.05, 0.1) is 0 Å². The van der Waals surface area contributed by atoms with Crippen molar-refractivity contribution >= 4 is 13.3 Å². The van der Waals surface area contributed by atoms with E-state index < -0.39 is 8.07 Å². The van der Waals surface area contributed by atoms with Gasteiger partial charge in [0.25, 0.3) is 0 Å². The Kier molecular flexibility index (Phi) is 3.89. The van der Waals surface area contributed by atoms with E-state index in [9.17, 15) is 0 Å². The van der Waals surface area contributed by atoms with Crippen LogP contribution in [0.15, 0.2) is 78.9 Å². The van der Waals surface area contributed by atoms with Crippen molar-refractivity contribution in [1.82, 2.24) is 0 Å². The summed E-state index contributed by atoms with van der Waals surface area (Å²) in [5.74, 6) is 0. The fraction of sp³-hybridized carbons (Fsp3) is 0.174. The Hall–Kier alpha value is -2.12. The Morgan fingerprint density at radius 3 is 1.42 bits per heavy atom. The Bertz CT molecular complexity index is 801. The van der Waals surface area contributed by atoms with Crippen molar-refractivity contribution in [3.63, 3.8) is 0 Å². The first-order valence-electron chi connectivity index (χ1n) is 8.94. The zero-order valence-corrected chi connectivity index (χ0v) is 15.4. The van der Waals surface area contributed by atoms with Gasteiger partial charge in [0.15, 0.2) is 0 Å². The molecular weight excluding hydrogens is 304 g/mol. The van der Waals surface area contributed by atoms with Crippen molar-refractivity contribution in [2.24, 2.45) is 0 Å². The Morgan fingerprint density at radius 1 is 0.542 bits per heavy atom. The van der Waals surface area contributed by atoms with E-state index in [1.807, 2.05) is 0 Å². The Morgan fingerprint density at radius 2 is 0.958 bits per heavy atom. The van der Waals surface area contributed by atoms with Crippen molar-refractivity contribution in [3.05, 3.63) is 95.5 Å². The SMILES string of the molecule is CC[Si](CC)([C]1c2ccccc2-c2ccccc21)c1ccccc1. The van der Waals surface area contributed by atoms with Gasteiger partial charge in [-0.25, -0.2) is 0 Å². The lowest BCUT2D eigenvalue weighted by Gasteiger charge is -2.37. The second-order valence-electron chi connectivity index (χ2n) is 6.62. The molecule has 0 amide bonds. The van der Waals surface area contributed by atoms with E-state index in [-0.39, 0.29) is 0 Å². The minimum absolute atomic E-state index is 1.24. The number of rotatable bonds is 4. The summed E-state index contributed by atoms with van der Waals surface area (Å²) in [6.45, 7) is 4.78. The van der Waals surface area contributed by atoms with Crippen LogP contribution in [0.2, 0.25) is 12.1 Å². The summed E-state index contributed by atoms with van der Waals surface area (Å²) in [6.07, 6.45) is 0. The molecule has 0 fully saturated rings. The summed E-state index contributed by atoms with van der Waals surface area (Å²) in [5, 5.41) is 1.57. The second kappa shape index (κ2) is 6.07. The van der Waals surface area contributed by atoms with E-state index in [2.05, 4.69) is 92.7 Å². The maximum Gasteiger partial charge on any atom is 0.103 e. The summed E-state index contributed by atoms with van der Waals surface area (Å²) < 4.78 is 0. The summed E-state index contributed by atoms with van der Waals surface area (Å²) in [7, 11) is -1.77. The first kappa shape index (κ1) is 15.4. The van der Waals surface area contributed by atoms with Gasteiger partial charge >= 0.3 is 0 Å². The first-order chi connectivity index (χ1) is 11.8. The molecule has 0 saturated heterocycles. The van der Waals surface area contributed by atoms with Crippen molar-refractivity contribution in [3.8, 4) is 11.1 Å². The number of fused-ring (bicyclic) bond motifs is 3. The molecule has 1 radical (unpaired) electrons. The van der Waals surface area contributed by atoms with Gasteiger partial charge in [-0.05, 0) is 22.3 Å². The second-order valence-corrected chi connectivity index (χ2v) is 11.3. The summed E-state index contributed by atoms with van der Waals surface area (Å²) in [4.78, 5) is 0. The lowest BCUT2D eigenvalue weighted by atomic mass is 10.1. The minimum atomic E-state index is -1.77. The van der Waals surface area contributed by atoms with Crippen molar-refractivity contribution < 1.29 is 0 Å². The Balaban J connectivity index is 2.00. The number of benzene rings is 3. The molecule has 1 aliphatic rings. The topological polar surface area (TPSA) is 0 Å². The van der Waals surface area contributed by atoms with Crippen LogP contribution in [0.3, 0.4) is 0 Å². The normalized spacial score (nSPS) is 13.6. The third-order valence-electron chi connectivity index (χ3n) is 5.70. The van der Waals surface area contributed by atoms with E-state index in [0.717, 1.165) is 0 Å². The smallest absolute Gasteiger partial charge is 0.0674 e. The Labute approximate surface area is 146 Å². The molecule has 4 rings (SSSR count). The molecule has 3 aromatic rings. The molecule has 1 heteroatoms. The molecule has 0 heterocycles. The predicted octanol–water partition coefficient (Wildman–Crippen LogP) is 5.57. The molecule has 0 aromatic heterocycles. The van der Waals surface area contributed by atoms with Crippen LogP contribution in [0.5, 0.6) is 0 Å². The third kappa shape index (κ3) is 2.11. The monoisotopic (exact) mass is 327 g/mol. The quantitative estimate of drug-likeness (QED) is 0.549. The number of hydrogen-bond acceptors (Lipinski definition) is 0. The largest absolute Gasteiger partial charge is 0.103 e. The van der Waals surface area contributed by atoms with Crippen molar-refractivity contribution in [2.75, 3.05) is 0 Å². The van der Waals surface area contributed by atoms with Crippen LogP contribution in [0, 0.1) is 5.54 Å². The molecule has 1 aliphatic carbocycles. The van der Waals surface area contributed by atoms with Gasteiger partial charge in [-0.15, -0.1) is 0 Å². The summed E-state index contributed by atoms with van der Waals surface area (Å²) >= 11 is 0. The van der Waals surface area contributed by atoms with Gasteiger partial charge in [-0.2, -0.15) is 0 Å². The van der Waals surface area contributed by atoms with Gasteiger partial charge in [-0.1, -0.05) is 110 Å². The van der Waals surface area contributed by atoms with Crippen LogP contribution in [0.4, 0.5) is 0 Å². The van der Waals surface area contributed by atoms with Crippen LogP contribution in [0.1, 0.15) is 25.0 Å². The highest BCUT2D eigenvalue weighted by molar-refractivity contribution is 6.97. The molecular formula is C23H23Si. The average Bonchev–Trinajstić information content (AvgIpc) is 3.00. The predicted molar refractivity (Wildman–Crippen MR) is 106 cm³/mol. The third-order valence-corrected chi connectivity index (χ3v) is 11.0. The van der Waals surface area contributed by atoms with E-state index in [0.29, 0.717) is 0 Å². The van der Waals surface area contributed by atoms with Gasteiger partial charge < -0.3 is 0 Å². The van der Waals surface area contributed by atoms with E-state index in [1.54, 1.807) is 10.7 Å². The standard InChI is InChI=1S/C23H23Si/c1-3-24(4-2,18-12-6-5-7-13-18)23-21-16-10-8-14-19(21)20-15-9-11-17-22(20)23/h5-17H,3-4H2,1-2H3. The van der Waals surface area contributed by atoms with Crippen molar-refractivity contribution in [2.45, 2.75) is 25.9 Å². The van der Waals surface area contributed by atoms with E-state index in [1.165, 1.54) is 34.3 Å². The lowest BCUT2D eigenvalue weighted by Crippen LogP contribution is -2.52. The lowest BCUT2D eigenvalue weighted by molar-refractivity contribution is 1.22. The van der Waals surface area contributed by atoms with Crippen LogP contribution < -0.4 is 5.19 Å². The molecule has 0 aliphatic heterocycles. The van der Waals surface area contributed by atoms with E-state index >= 15 is 0 Å². The summed E-state index contributed by atoms with van der Waals surface area (Å²) in [5.41, 5.74) is 7.41. The number of hydrogen-bond donors (Lipinski definition) is 0. The highest BCUT2D eigenvalue weighted by Crippen LogP contribution is 2.49. The molecule has 0 spiro atoms. The molecule has 0 atom stereocenters. The molecule has 0 nitrogen and oxygen atoms in total. The maximum absolute atomic E-state index is 2.39. The molecule has 24 heavy (non-hydrogen) atoms. The van der Waals surface area contributed by atoms with Crippen LogP contribution in [0.25, 0.3) is 11.1 Å². The minimum Gasteiger partial charge on any atom is -0.0674 e. The first-order valence-corrected chi connectivity index (χ1v) is 11.4. The molecule has 0 N–H and O–H groups in total. The zero-order chi connectivity index (χ0) is 16.6. The van der Waals surface area contributed by atoms with Gasteiger partial charge in [0, 0.05) is 5.54 Å².